The van der Waals surface area contributed by atoms with Gasteiger partial charge in [-0.1, -0.05) is 68.4 Å². The molecule has 0 aliphatic carbocycles. The normalized spacial score (nSPS) is 13.8. The number of hydrogen-bond donors (Lipinski definition) is 0. The molecule has 29 heavy (non-hydrogen) atoms. The van der Waals surface area contributed by atoms with E-state index in [0.29, 0.717) is 23.1 Å². The van der Waals surface area contributed by atoms with E-state index in [1.54, 1.807) is 11.8 Å². The first-order valence-electron chi connectivity index (χ1n) is 9.56. The van der Waals surface area contributed by atoms with E-state index >= 15 is 0 Å². The maximum absolute atomic E-state index is 6.37. The molecule has 0 N–H and O–H groups in total. The van der Waals surface area contributed by atoms with Crippen LogP contribution in [0.4, 0.5) is 0 Å². The molecular weight excluding hydrogens is 404 g/mol. The van der Waals surface area contributed by atoms with Crippen LogP contribution in [0.1, 0.15) is 38.8 Å². The van der Waals surface area contributed by atoms with Gasteiger partial charge in [0.25, 0.3) is 0 Å². The summed E-state index contributed by atoms with van der Waals surface area (Å²) in [5.41, 5.74) is 4.28. The summed E-state index contributed by atoms with van der Waals surface area (Å²) in [4.78, 5) is 0. The number of aromatic nitrogens is 3. The quantitative estimate of drug-likeness (QED) is 0.540. The van der Waals surface area contributed by atoms with Crippen molar-refractivity contribution in [2.24, 2.45) is 5.10 Å². The zero-order valence-electron chi connectivity index (χ0n) is 16.9. The van der Waals surface area contributed by atoms with E-state index in [2.05, 4.69) is 55.2 Å². The molecule has 1 aliphatic heterocycles. The second-order valence-electron chi connectivity index (χ2n) is 7.86. The second-order valence-corrected chi connectivity index (χ2v) is 9.21. The van der Waals surface area contributed by atoms with E-state index in [0.717, 1.165) is 27.8 Å². The number of hydrogen-bond acceptors (Lipinski definition) is 5. The molecule has 3 aromatic rings. The van der Waals surface area contributed by atoms with E-state index in [1.807, 2.05) is 29.8 Å². The standard InChI is InChI=1S/C22H23ClN4OS/c1-5-28-19-11-8-15(12-17(19)23)18-13-29-21-25-24-20(27(21)26-18)14-6-9-16(10-7-14)22(2,3)4/h6-12H,5,13H2,1-4H3. The molecule has 0 spiro atoms. The fourth-order valence-corrected chi connectivity index (χ4v) is 4.19. The van der Waals surface area contributed by atoms with Crippen LogP contribution in [0.2, 0.25) is 5.02 Å². The van der Waals surface area contributed by atoms with Gasteiger partial charge >= 0.3 is 0 Å². The van der Waals surface area contributed by atoms with Crippen molar-refractivity contribution in [2.45, 2.75) is 38.3 Å². The van der Waals surface area contributed by atoms with Gasteiger partial charge in [0.15, 0.2) is 5.82 Å². The highest BCUT2D eigenvalue weighted by Crippen LogP contribution is 2.32. The zero-order chi connectivity index (χ0) is 20.6. The van der Waals surface area contributed by atoms with Crippen molar-refractivity contribution in [1.29, 1.82) is 0 Å². The molecule has 0 bridgehead atoms. The zero-order valence-corrected chi connectivity index (χ0v) is 18.5. The molecule has 0 unspecified atom stereocenters. The first-order chi connectivity index (χ1) is 13.9. The maximum atomic E-state index is 6.37. The number of halogens is 1. The maximum Gasteiger partial charge on any atom is 0.212 e. The Morgan fingerprint density at radius 2 is 1.79 bits per heavy atom. The number of nitrogens with zero attached hydrogens (tertiary/aromatic N) is 4. The lowest BCUT2D eigenvalue weighted by atomic mass is 9.87. The molecule has 0 saturated heterocycles. The smallest absolute Gasteiger partial charge is 0.212 e. The lowest BCUT2D eigenvalue weighted by molar-refractivity contribution is 0.340. The molecule has 1 aromatic heterocycles. The topological polar surface area (TPSA) is 52.3 Å². The summed E-state index contributed by atoms with van der Waals surface area (Å²) in [5.74, 6) is 2.14. The highest BCUT2D eigenvalue weighted by atomic mass is 35.5. The van der Waals surface area contributed by atoms with Crippen LogP contribution < -0.4 is 4.74 Å². The lowest BCUT2D eigenvalue weighted by Crippen LogP contribution is -2.14. The van der Waals surface area contributed by atoms with Gasteiger partial charge < -0.3 is 4.74 Å². The van der Waals surface area contributed by atoms with Gasteiger partial charge in [0, 0.05) is 16.9 Å². The van der Waals surface area contributed by atoms with Crippen LogP contribution in [0.25, 0.3) is 11.4 Å². The summed E-state index contributed by atoms with van der Waals surface area (Å²) in [6.45, 7) is 9.13. The number of ether oxygens (including phenoxy) is 1. The minimum Gasteiger partial charge on any atom is -0.492 e. The fourth-order valence-electron chi connectivity index (χ4n) is 3.12. The first kappa shape index (κ1) is 20.0. The monoisotopic (exact) mass is 426 g/mol. The Morgan fingerprint density at radius 3 is 2.45 bits per heavy atom. The van der Waals surface area contributed by atoms with Crippen LogP contribution in [0.15, 0.2) is 52.7 Å². The number of benzene rings is 2. The minimum atomic E-state index is 0.108. The number of thioether (sulfide) groups is 1. The van der Waals surface area contributed by atoms with Crippen LogP contribution in [0, 0.1) is 0 Å². The Hall–Kier alpha value is -2.31. The van der Waals surface area contributed by atoms with Gasteiger partial charge in [-0.2, -0.15) is 9.78 Å². The predicted molar refractivity (Wildman–Crippen MR) is 119 cm³/mol. The third-order valence-electron chi connectivity index (χ3n) is 4.74. The Kier molecular flexibility index (Phi) is 5.40. The van der Waals surface area contributed by atoms with E-state index in [4.69, 9.17) is 21.4 Å². The Morgan fingerprint density at radius 1 is 1.07 bits per heavy atom. The van der Waals surface area contributed by atoms with Crippen LogP contribution >= 0.6 is 23.4 Å². The van der Waals surface area contributed by atoms with Gasteiger partial charge in [-0.3, -0.25) is 0 Å². The van der Waals surface area contributed by atoms with Crippen molar-refractivity contribution in [1.82, 2.24) is 14.9 Å². The summed E-state index contributed by atoms with van der Waals surface area (Å²) in [6.07, 6.45) is 0. The van der Waals surface area contributed by atoms with Gasteiger partial charge in [0.1, 0.15) is 5.75 Å². The van der Waals surface area contributed by atoms with Gasteiger partial charge in [0.05, 0.1) is 17.3 Å². The molecule has 150 valence electrons. The Balaban J connectivity index is 1.69. The summed E-state index contributed by atoms with van der Waals surface area (Å²) >= 11 is 7.99. The van der Waals surface area contributed by atoms with Crippen molar-refractivity contribution in [3.8, 4) is 17.1 Å². The predicted octanol–water partition coefficient (Wildman–Crippen LogP) is 5.65. The average molecular weight is 427 g/mol. The van der Waals surface area contributed by atoms with Crippen LogP contribution in [0.3, 0.4) is 0 Å². The lowest BCUT2D eigenvalue weighted by Gasteiger charge is -2.19. The van der Waals surface area contributed by atoms with Crippen molar-refractivity contribution in [2.75, 3.05) is 12.4 Å². The molecule has 1 aliphatic rings. The van der Waals surface area contributed by atoms with E-state index in [9.17, 15) is 0 Å². The van der Waals surface area contributed by atoms with Crippen LogP contribution in [-0.4, -0.2) is 32.9 Å². The molecule has 0 saturated carbocycles. The molecular formula is C22H23ClN4OS. The van der Waals surface area contributed by atoms with E-state index < -0.39 is 0 Å². The van der Waals surface area contributed by atoms with Gasteiger partial charge in [-0.05, 0) is 36.1 Å². The van der Waals surface area contributed by atoms with Gasteiger partial charge in [-0.15, -0.1) is 10.2 Å². The molecule has 2 heterocycles. The molecule has 5 nitrogen and oxygen atoms in total. The molecule has 0 radical (unpaired) electrons. The highest BCUT2D eigenvalue weighted by molar-refractivity contribution is 7.99. The fraction of sp³-hybridized carbons (Fsp3) is 0.318. The van der Waals surface area contributed by atoms with Crippen molar-refractivity contribution in [3.63, 3.8) is 0 Å². The highest BCUT2D eigenvalue weighted by Gasteiger charge is 2.22. The van der Waals surface area contributed by atoms with Crippen LogP contribution in [0.5, 0.6) is 5.75 Å². The summed E-state index contributed by atoms with van der Waals surface area (Å²) in [6, 6.07) is 14.2. The Labute approximate surface area is 180 Å². The van der Waals surface area contributed by atoms with E-state index in [1.165, 1.54) is 5.56 Å². The molecule has 4 rings (SSSR count). The number of rotatable bonds is 4. The van der Waals surface area contributed by atoms with Crippen molar-refractivity contribution >= 4 is 29.1 Å². The molecule has 0 fully saturated rings. The van der Waals surface area contributed by atoms with Crippen molar-refractivity contribution < 1.29 is 4.74 Å². The molecule has 7 heteroatoms. The average Bonchev–Trinajstić information content (AvgIpc) is 3.12. The molecule has 0 atom stereocenters. The summed E-state index contributed by atoms with van der Waals surface area (Å²) in [5, 5.41) is 14.9. The van der Waals surface area contributed by atoms with Crippen molar-refractivity contribution in [3.05, 3.63) is 58.6 Å². The molecule has 2 aromatic carbocycles. The first-order valence-corrected chi connectivity index (χ1v) is 10.9. The summed E-state index contributed by atoms with van der Waals surface area (Å²) in [7, 11) is 0. The summed E-state index contributed by atoms with van der Waals surface area (Å²) < 4.78 is 7.35. The van der Waals surface area contributed by atoms with E-state index in [-0.39, 0.29) is 5.41 Å². The SMILES string of the molecule is CCOc1ccc(C2=Nn3c(nnc3-c3ccc(C(C)(C)C)cc3)SC2)cc1Cl. The minimum absolute atomic E-state index is 0.108. The van der Waals surface area contributed by atoms with Gasteiger partial charge in [-0.25, -0.2) is 0 Å². The third kappa shape index (κ3) is 4.05. The second kappa shape index (κ2) is 7.84. The van der Waals surface area contributed by atoms with Crippen LogP contribution in [-0.2, 0) is 5.41 Å². The largest absolute Gasteiger partial charge is 0.492 e. The molecule has 0 amide bonds. The van der Waals surface area contributed by atoms with Gasteiger partial charge in [0.2, 0.25) is 5.16 Å². The Bertz CT molecular complexity index is 1070. The number of fused-ring (bicyclic) bond motifs is 1. The third-order valence-corrected chi connectivity index (χ3v) is 5.97.